The van der Waals surface area contributed by atoms with Crippen LogP contribution in [-0.4, -0.2) is 18.5 Å². The van der Waals surface area contributed by atoms with Crippen LogP contribution in [0.1, 0.15) is 40.0 Å². The molecule has 11 heavy (non-hydrogen) atoms. The minimum atomic E-state index is 0.216. The number of hydrogen-bond donors (Lipinski definition) is 0. The Morgan fingerprint density at radius 2 is 2.09 bits per heavy atom. The van der Waals surface area contributed by atoms with Crippen molar-refractivity contribution in [3.8, 4) is 0 Å². The fourth-order valence-electron chi connectivity index (χ4n) is 0.704. The molecule has 0 fully saturated rings. The summed E-state index contributed by atoms with van der Waals surface area (Å²) in [6.07, 6.45) is 2.76. The number of rotatable bonds is 6. The summed E-state index contributed by atoms with van der Waals surface area (Å²) in [5.74, 6) is 0.216. The number of carbonyl (C=O) groups excluding carboxylic acids is 1. The van der Waals surface area contributed by atoms with E-state index in [1.807, 2.05) is 13.8 Å². The Kier molecular flexibility index (Phi) is 6.13. The molecule has 0 radical (unpaired) electrons. The molecule has 0 aromatic carbocycles. The second-order valence-corrected chi connectivity index (χ2v) is 2.82. The van der Waals surface area contributed by atoms with Gasteiger partial charge >= 0.3 is 0 Å². The Morgan fingerprint density at radius 1 is 1.45 bits per heavy atom. The lowest BCUT2D eigenvalue weighted by Crippen LogP contribution is -2.14. The van der Waals surface area contributed by atoms with Gasteiger partial charge in [0.25, 0.3) is 0 Å². The van der Waals surface area contributed by atoms with Gasteiger partial charge in [-0.2, -0.15) is 0 Å². The lowest BCUT2D eigenvalue weighted by Gasteiger charge is -2.08. The van der Waals surface area contributed by atoms with Crippen LogP contribution in [0, 0.1) is 0 Å². The Balaban J connectivity index is 3.30. The lowest BCUT2D eigenvalue weighted by molar-refractivity contribution is -0.125. The van der Waals surface area contributed by atoms with Crippen LogP contribution in [0.5, 0.6) is 0 Å². The fourth-order valence-corrected chi connectivity index (χ4v) is 0.704. The van der Waals surface area contributed by atoms with Crippen LogP contribution in [0.3, 0.4) is 0 Å². The van der Waals surface area contributed by atoms with Crippen molar-refractivity contribution in [2.75, 3.05) is 6.61 Å². The maximum Gasteiger partial charge on any atom is 0.158 e. The molecule has 0 aliphatic carbocycles. The highest BCUT2D eigenvalue weighted by molar-refractivity contribution is 5.79. The Hall–Kier alpha value is -0.370. The third kappa shape index (κ3) is 6.05. The van der Waals surface area contributed by atoms with Crippen molar-refractivity contribution in [1.82, 2.24) is 0 Å². The van der Waals surface area contributed by atoms with Crippen molar-refractivity contribution in [1.29, 1.82) is 0 Å². The highest BCUT2D eigenvalue weighted by Gasteiger charge is 2.03. The molecule has 0 aromatic rings. The molecule has 0 N–H and O–H groups in total. The molecule has 0 saturated carbocycles. The van der Waals surface area contributed by atoms with Crippen LogP contribution in [-0.2, 0) is 9.53 Å². The predicted molar refractivity (Wildman–Crippen MR) is 45.6 cm³/mol. The summed E-state index contributed by atoms with van der Waals surface area (Å²) >= 11 is 0. The van der Waals surface area contributed by atoms with Gasteiger partial charge in [0.15, 0.2) is 5.78 Å². The summed E-state index contributed by atoms with van der Waals surface area (Å²) in [6.45, 7) is 6.33. The molecule has 1 atom stereocenters. The molecule has 0 heterocycles. The topological polar surface area (TPSA) is 26.3 Å². The first-order valence-corrected chi connectivity index (χ1v) is 4.34. The molecular weight excluding hydrogens is 140 g/mol. The van der Waals surface area contributed by atoms with E-state index in [4.69, 9.17) is 4.74 Å². The molecule has 1 unspecified atom stereocenters. The molecule has 0 amide bonds. The van der Waals surface area contributed by atoms with Crippen molar-refractivity contribution in [2.24, 2.45) is 0 Å². The molecule has 0 aromatic heterocycles. The van der Waals surface area contributed by atoms with E-state index >= 15 is 0 Å². The molecule has 0 spiro atoms. The van der Waals surface area contributed by atoms with Crippen molar-refractivity contribution in [2.45, 2.75) is 46.1 Å². The highest BCUT2D eigenvalue weighted by atomic mass is 16.5. The van der Waals surface area contributed by atoms with E-state index in [9.17, 15) is 4.79 Å². The summed E-state index contributed by atoms with van der Waals surface area (Å²) in [4.78, 5) is 10.9. The third-order valence-corrected chi connectivity index (χ3v) is 1.63. The summed E-state index contributed by atoms with van der Waals surface area (Å²) in [5.41, 5.74) is 0. The average molecular weight is 158 g/mol. The lowest BCUT2D eigenvalue weighted by atomic mass is 10.2. The van der Waals surface area contributed by atoms with Gasteiger partial charge in [-0.05, 0) is 19.8 Å². The largest absolute Gasteiger partial charge is 0.371 e. The first-order valence-electron chi connectivity index (χ1n) is 4.34. The Labute approximate surface area is 68.9 Å². The van der Waals surface area contributed by atoms with Gasteiger partial charge in [0.2, 0.25) is 0 Å². The summed E-state index contributed by atoms with van der Waals surface area (Å²) < 4.78 is 5.26. The zero-order valence-corrected chi connectivity index (χ0v) is 7.72. The third-order valence-electron chi connectivity index (χ3n) is 1.63. The van der Waals surface area contributed by atoms with Gasteiger partial charge in [0, 0.05) is 6.42 Å². The molecule has 2 nitrogen and oxygen atoms in total. The van der Waals surface area contributed by atoms with Crippen LogP contribution < -0.4 is 0 Å². The van der Waals surface area contributed by atoms with Crippen LogP contribution in [0.4, 0.5) is 0 Å². The molecule has 0 saturated heterocycles. The van der Waals surface area contributed by atoms with E-state index in [1.54, 1.807) is 0 Å². The number of ether oxygens (including phenoxy) is 1. The van der Waals surface area contributed by atoms with Crippen LogP contribution >= 0.6 is 0 Å². The van der Waals surface area contributed by atoms with Crippen LogP contribution in [0.25, 0.3) is 0 Å². The average Bonchev–Trinajstić information content (AvgIpc) is 2.01. The monoisotopic (exact) mass is 158 g/mol. The number of hydrogen-bond acceptors (Lipinski definition) is 2. The van der Waals surface area contributed by atoms with Crippen LogP contribution in [0.15, 0.2) is 0 Å². The highest BCUT2D eigenvalue weighted by Crippen LogP contribution is 1.97. The summed E-state index contributed by atoms with van der Waals surface area (Å²) in [6, 6.07) is 0. The molecule has 2 heteroatoms. The van der Waals surface area contributed by atoms with E-state index < -0.39 is 0 Å². The first kappa shape index (κ1) is 10.6. The summed E-state index contributed by atoms with van der Waals surface area (Å²) in [5, 5.41) is 0. The van der Waals surface area contributed by atoms with E-state index in [-0.39, 0.29) is 11.9 Å². The number of Topliss-reactive ketones (excluding diaryl/α,β-unsaturated/α-hetero) is 1. The standard InChI is InChI=1S/C9H18O2/c1-4-6-9(10)7-11-8(3)5-2/h8H,4-7H2,1-3H3. The maximum atomic E-state index is 10.9. The van der Waals surface area contributed by atoms with E-state index in [0.717, 1.165) is 12.8 Å². The quantitative estimate of drug-likeness (QED) is 0.592. The Bertz CT molecular complexity index is 110. The maximum absolute atomic E-state index is 10.9. The number of carbonyl (C=O) groups is 1. The van der Waals surface area contributed by atoms with Gasteiger partial charge in [-0.1, -0.05) is 13.8 Å². The molecule has 0 aliphatic rings. The van der Waals surface area contributed by atoms with Gasteiger partial charge in [-0.25, -0.2) is 0 Å². The first-order chi connectivity index (χ1) is 5.20. The van der Waals surface area contributed by atoms with E-state index in [1.165, 1.54) is 0 Å². The van der Waals surface area contributed by atoms with Gasteiger partial charge in [-0.3, -0.25) is 4.79 Å². The van der Waals surface area contributed by atoms with Crippen molar-refractivity contribution < 1.29 is 9.53 Å². The van der Waals surface area contributed by atoms with Crippen LogP contribution in [0.2, 0.25) is 0 Å². The molecule has 0 aliphatic heterocycles. The van der Waals surface area contributed by atoms with Crippen molar-refractivity contribution in [3.05, 3.63) is 0 Å². The van der Waals surface area contributed by atoms with Crippen molar-refractivity contribution in [3.63, 3.8) is 0 Å². The van der Waals surface area contributed by atoms with Gasteiger partial charge in [0.05, 0.1) is 6.10 Å². The minimum absolute atomic E-state index is 0.216. The molecular formula is C9H18O2. The zero-order valence-electron chi connectivity index (χ0n) is 7.72. The van der Waals surface area contributed by atoms with Gasteiger partial charge in [0.1, 0.15) is 6.61 Å². The van der Waals surface area contributed by atoms with Crippen molar-refractivity contribution >= 4 is 5.78 Å². The Morgan fingerprint density at radius 3 is 2.55 bits per heavy atom. The minimum Gasteiger partial charge on any atom is -0.371 e. The zero-order chi connectivity index (χ0) is 8.69. The molecule has 0 bridgehead atoms. The van der Waals surface area contributed by atoms with E-state index in [0.29, 0.717) is 13.0 Å². The summed E-state index contributed by atoms with van der Waals surface area (Å²) in [7, 11) is 0. The fraction of sp³-hybridized carbons (Fsp3) is 0.889. The number of ketones is 1. The van der Waals surface area contributed by atoms with Gasteiger partial charge in [-0.15, -0.1) is 0 Å². The van der Waals surface area contributed by atoms with Gasteiger partial charge < -0.3 is 4.74 Å². The molecule has 0 rings (SSSR count). The van der Waals surface area contributed by atoms with E-state index in [2.05, 4.69) is 6.92 Å². The predicted octanol–water partition coefficient (Wildman–Crippen LogP) is 2.17. The normalized spacial score (nSPS) is 13.0. The second-order valence-electron chi connectivity index (χ2n) is 2.82. The SMILES string of the molecule is CCCC(=O)COC(C)CC. The smallest absolute Gasteiger partial charge is 0.158 e. The second kappa shape index (κ2) is 6.35. The molecule has 66 valence electrons.